The van der Waals surface area contributed by atoms with Gasteiger partial charge >= 0.3 is 0 Å². The number of anilines is 1. The van der Waals surface area contributed by atoms with Crippen molar-refractivity contribution in [2.24, 2.45) is 0 Å². The number of carbonyl (C=O) groups excluding carboxylic acids is 2. The maximum Gasteiger partial charge on any atom is 0.264 e. The molecule has 2 amide bonds. The highest BCUT2D eigenvalue weighted by atomic mass is 35.5. The highest BCUT2D eigenvalue weighted by Crippen LogP contribution is 2.33. The molecule has 1 unspecified atom stereocenters. The monoisotopic (exact) mass is 695 g/mol. The molecule has 0 aliphatic carbocycles. The summed E-state index contributed by atoms with van der Waals surface area (Å²) in [5.74, 6) is -0.671. The van der Waals surface area contributed by atoms with E-state index in [1.807, 2.05) is 44.2 Å². The van der Waals surface area contributed by atoms with E-state index < -0.39 is 28.5 Å². The van der Waals surface area contributed by atoms with Crippen LogP contribution in [0, 0.1) is 6.92 Å². The van der Waals surface area contributed by atoms with E-state index in [9.17, 15) is 18.0 Å². The smallest absolute Gasteiger partial charge is 0.264 e. The molecule has 0 bridgehead atoms. The van der Waals surface area contributed by atoms with Crippen LogP contribution in [0.2, 0.25) is 10.0 Å². The Morgan fingerprint density at radius 3 is 2.21 bits per heavy atom. The van der Waals surface area contributed by atoms with Crippen molar-refractivity contribution in [3.8, 4) is 5.75 Å². The van der Waals surface area contributed by atoms with Gasteiger partial charge < -0.3 is 15.0 Å². The quantitative estimate of drug-likeness (QED) is 0.134. The minimum atomic E-state index is -4.27. The Kier molecular flexibility index (Phi) is 12.7. The number of halogens is 2. The fourth-order valence-corrected chi connectivity index (χ4v) is 6.83. The first-order chi connectivity index (χ1) is 22.5. The number of aryl methyl sites for hydroxylation is 1. The van der Waals surface area contributed by atoms with Crippen molar-refractivity contribution in [1.29, 1.82) is 0 Å². The molecule has 0 aliphatic heterocycles. The maximum absolute atomic E-state index is 14.6. The third-order valence-electron chi connectivity index (χ3n) is 7.68. The van der Waals surface area contributed by atoms with E-state index in [0.717, 1.165) is 28.3 Å². The largest absolute Gasteiger partial charge is 0.495 e. The van der Waals surface area contributed by atoms with Gasteiger partial charge in [0.1, 0.15) is 18.3 Å². The fourth-order valence-electron chi connectivity index (χ4n) is 5.08. The van der Waals surface area contributed by atoms with Gasteiger partial charge in [-0.15, -0.1) is 0 Å². The molecule has 0 aliphatic rings. The van der Waals surface area contributed by atoms with Crippen molar-refractivity contribution in [3.63, 3.8) is 0 Å². The highest BCUT2D eigenvalue weighted by Gasteiger charge is 2.35. The summed E-state index contributed by atoms with van der Waals surface area (Å²) in [6, 6.07) is 26.4. The van der Waals surface area contributed by atoms with E-state index in [4.69, 9.17) is 27.9 Å². The Labute approximate surface area is 287 Å². The molecule has 0 radical (unpaired) electrons. The molecule has 0 aromatic heterocycles. The lowest BCUT2D eigenvalue weighted by Gasteiger charge is -2.34. The van der Waals surface area contributed by atoms with Crippen LogP contribution in [0.5, 0.6) is 5.75 Å². The number of nitrogens with zero attached hydrogens (tertiary/aromatic N) is 2. The summed E-state index contributed by atoms with van der Waals surface area (Å²) >= 11 is 12.5. The summed E-state index contributed by atoms with van der Waals surface area (Å²) in [7, 11) is -2.84. The molecule has 4 aromatic rings. The number of para-hydroxylation sites is 2. The predicted molar refractivity (Wildman–Crippen MR) is 188 cm³/mol. The molecular formula is C36H39Cl2N3O5S. The minimum Gasteiger partial charge on any atom is -0.495 e. The van der Waals surface area contributed by atoms with Gasteiger partial charge in [-0.3, -0.25) is 13.9 Å². The Balaban J connectivity index is 1.83. The van der Waals surface area contributed by atoms with Crippen LogP contribution in [-0.2, 0) is 32.6 Å². The molecule has 1 atom stereocenters. The first-order valence-electron chi connectivity index (χ1n) is 15.3. The normalized spacial score (nSPS) is 11.9. The first kappa shape index (κ1) is 35.8. The Hall–Kier alpha value is -4.05. The fraction of sp³-hybridized carbons (Fsp3) is 0.278. The standard InChI is InChI=1S/C36H39Cl2N3O5S/c1-4-5-21-39-36(43)33(23-27-11-7-6-8-12-27)40(24-28-17-20-30(37)31(38)22-28)35(42)25-41(32-13-9-10-14-34(32)46-3)47(44,45)29-18-15-26(2)16-19-29/h6-20,22,33H,4-5,21,23-25H2,1-3H3,(H,39,43). The van der Waals surface area contributed by atoms with Gasteiger partial charge in [0, 0.05) is 19.5 Å². The zero-order valence-electron chi connectivity index (χ0n) is 26.7. The number of rotatable bonds is 15. The minimum absolute atomic E-state index is 0.0102. The van der Waals surface area contributed by atoms with E-state index in [-0.39, 0.29) is 35.2 Å². The van der Waals surface area contributed by atoms with Crippen LogP contribution in [0.3, 0.4) is 0 Å². The van der Waals surface area contributed by atoms with Crippen LogP contribution in [0.1, 0.15) is 36.5 Å². The number of ether oxygens (including phenoxy) is 1. The van der Waals surface area contributed by atoms with Crippen LogP contribution >= 0.6 is 23.2 Å². The van der Waals surface area contributed by atoms with E-state index in [1.54, 1.807) is 54.6 Å². The molecular weight excluding hydrogens is 657 g/mol. The average Bonchev–Trinajstić information content (AvgIpc) is 3.07. The van der Waals surface area contributed by atoms with Crippen LogP contribution in [-0.4, -0.2) is 51.4 Å². The molecule has 0 saturated heterocycles. The van der Waals surface area contributed by atoms with Gasteiger partial charge in [-0.25, -0.2) is 8.42 Å². The first-order valence-corrected chi connectivity index (χ1v) is 17.5. The lowest BCUT2D eigenvalue weighted by atomic mass is 10.0. The zero-order valence-corrected chi connectivity index (χ0v) is 29.0. The molecule has 0 heterocycles. The summed E-state index contributed by atoms with van der Waals surface area (Å²) in [6.07, 6.45) is 1.84. The highest BCUT2D eigenvalue weighted by molar-refractivity contribution is 7.92. The number of amides is 2. The Morgan fingerprint density at radius 2 is 1.55 bits per heavy atom. The lowest BCUT2D eigenvalue weighted by Crippen LogP contribution is -2.53. The molecule has 0 fully saturated rings. The van der Waals surface area contributed by atoms with E-state index in [1.165, 1.54) is 24.1 Å². The van der Waals surface area contributed by atoms with Crippen molar-refractivity contribution in [2.75, 3.05) is 24.5 Å². The van der Waals surface area contributed by atoms with Gasteiger partial charge in [0.2, 0.25) is 11.8 Å². The predicted octanol–water partition coefficient (Wildman–Crippen LogP) is 7.06. The van der Waals surface area contributed by atoms with Crippen molar-refractivity contribution in [3.05, 3.63) is 124 Å². The number of sulfonamides is 1. The summed E-state index contributed by atoms with van der Waals surface area (Å²) < 4.78 is 35.1. The molecule has 8 nitrogen and oxygen atoms in total. The van der Waals surface area contributed by atoms with Gasteiger partial charge in [0.05, 0.1) is 27.7 Å². The van der Waals surface area contributed by atoms with Crippen LogP contribution < -0.4 is 14.4 Å². The number of unbranched alkanes of at least 4 members (excludes halogenated alkanes) is 1. The number of benzene rings is 4. The van der Waals surface area contributed by atoms with Gasteiger partial charge in [0.25, 0.3) is 10.0 Å². The van der Waals surface area contributed by atoms with Crippen molar-refractivity contribution in [2.45, 2.75) is 50.6 Å². The van der Waals surface area contributed by atoms with Crippen molar-refractivity contribution in [1.82, 2.24) is 10.2 Å². The molecule has 47 heavy (non-hydrogen) atoms. The topological polar surface area (TPSA) is 96.0 Å². The van der Waals surface area contributed by atoms with Crippen LogP contribution in [0.25, 0.3) is 0 Å². The van der Waals surface area contributed by atoms with Crippen molar-refractivity contribution < 1.29 is 22.7 Å². The second-order valence-corrected chi connectivity index (χ2v) is 13.8. The zero-order chi connectivity index (χ0) is 34.0. The average molecular weight is 697 g/mol. The molecule has 11 heteroatoms. The molecule has 248 valence electrons. The van der Waals surface area contributed by atoms with Gasteiger partial charge in [-0.05, 0) is 60.9 Å². The SMILES string of the molecule is CCCCNC(=O)C(Cc1ccccc1)N(Cc1ccc(Cl)c(Cl)c1)C(=O)CN(c1ccccc1OC)S(=O)(=O)c1ccc(C)cc1. The summed E-state index contributed by atoms with van der Waals surface area (Å²) in [6.45, 7) is 3.68. The van der Waals surface area contributed by atoms with E-state index in [0.29, 0.717) is 22.2 Å². The third-order valence-corrected chi connectivity index (χ3v) is 10.2. The number of hydrogen-bond acceptors (Lipinski definition) is 5. The van der Waals surface area contributed by atoms with E-state index in [2.05, 4.69) is 5.32 Å². The van der Waals surface area contributed by atoms with Crippen LogP contribution in [0.4, 0.5) is 5.69 Å². The second kappa shape index (κ2) is 16.7. The summed E-state index contributed by atoms with van der Waals surface area (Å²) in [5.41, 5.74) is 2.53. The molecule has 0 spiro atoms. The van der Waals surface area contributed by atoms with E-state index >= 15 is 0 Å². The number of nitrogens with one attached hydrogen (secondary N) is 1. The Bertz CT molecular complexity index is 1770. The van der Waals surface area contributed by atoms with Crippen LogP contribution in [0.15, 0.2) is 102 Å². The number of methoxy groups -OCH3 is 1. The lowest BCUT2D eigenvalue weighted by molar-refractivity contribution is -0.140. The summed E-state index contributed by atoms with van der Waals surface area (Å²) in [4.78, 5) is 29.9. The maximum atomic E-state index is 14.6. The van der Waals surface area contributed by atoms with Crippen molar-refractivity contribution >= 4 is 50.7 Å². The summed E-state index contributed by atoms with van der Waals surface area (Å²) in [5, 5.41) is 3.62. The number of hydrogen-bond donors (Lipinski definition) is 1. The molecule has 0 saturated carbocycles. The molecule has 1 N–H and O–H groups in total. The van der Waals surface area contributed by atoms with Gasteiger partial charge in [0.15, 0.2) is 0 Å². The number of carbonyl (C=O) groups is 2. The van der Waals surface area contributed by atoms with Gasteiger partial charge in [-0.2, -0.15) is 0 Å². The third kappa shape index (κ3) is 9.28. The van der Waals surface area contributed by atoms with Gasteiger partial charge in [-0.1, -0.05) is 103 Å². The second-order valence-electron chi connectivity index (χ2n) is 11.1. The Morgan fingerprint density at radius 1 is 0.872 bits per heavy atom. The molecule has 4 rings (SSSR count). The molecule has 4 aromatic carbocycles.